The predicted molar refractivity (Wildman–Crippen MR) is 74.7 cm³/mol. The standard InChI is InChI=1S/C15H22N2O2/c1-13(18)17-8-7-16-9-15(10-17)12-19-11-14-5-3-2-4-6-14/h2-6,15-16H,7-12H2,1H3. The molecule has 4 heteroatoms. The Balaban J connectivity index is 1.76. The van der Waals surface area contributed by atoms with Gasteiger partial charge in [0, 0.05) is 39.0 Å². The summed E-state index contributed by atoms with van der Waals surface area (Å²) >= 11 is 0. The zero-order valence-corrected chi connectivity index (χ0v) is 11.5. The summed E-state index contributed by atoms with van der Waals surface area (Å²) in [5.74, 6) is 0.520. The second kappa shape index (κ2) is 7.26. The molecule has 0 radical (unpaired) electrons. The van der Waals surface area contributed by atoms with Crippen molar-refractivity contribution in [3.05, 3.63) is 35.9 Å². The van der Waals surface area contributed by atoms with E-state index >= 15 is 0 Å². The zero-order chi connectivity index (χ0) is 13.5. The number of carbonyl (C=O) groups excluding carboxylic acids is 1. The predicted octanol–water partition coefficient (Wildman–Crippen LogP) is 1.27. The van der Waals surface area contributed by atoms with Gasteiger partial charge in [0.05, 0.1) is 13.2 Å². The third-order valence-corrected chi connectivity index (χ3v) is 3.38. The summed E-state index contributed by atoms with van der Waals surface area (Å²) in [6.07, 6.45) is 0. The quantitative estimate of drug-likeness (QED) is 0.888. The largest absolute Gasteiger partial charge is 0.376 e. The molecule has 1 heterocycles. The molecular weight excluding hydrogens is 240 g/mol. The van der Waals surface area contributed by atoms with E-state index in [4.69, 9.17) is 4.74 Å². The first kappa shape index (κ1) is 14.0. The van der Waals surface area contributed by atoms with Crippen molar-refractivity contribution >= 4 is 5.91 Å². The molecule has 1 saturated heterocycles. The molecule has 0 aromatic heterocycles. The van der Waals surface area contributed by atoms with Gasteiger partial charge in [-0.2, -0.15) is 0 Å². The van der Waals surface area contributed by atoms with Crippen LogP contribution in [0, 0.1) is 5.92 Å². The first-order chi connectivity index (χ1) is 9.25. The van der Waals surface area contributed by atoms with Gasteiger partial charge in [-0.05, 0) is 5.56 Å². The molecule has 0 spiro atoms. The molecular formula is C15H22N2O2. The third-order valence-electron chi connectivity index (χ3n) is 3.38. The summed E-state index contributed by atoms with van der Waals surface area (Å²) in [6, 6.07) is 10.2. The van der Waals surface area contributed by atoms with Crippen molar-refractivity contribution in [2.45, 2.75) is 13.5 Å². The van der Waals surface area contributed by atoms with Crippen molar-refractivity contribution in [3.8, 4) is 0 Å². The van der Waals surface area contributed by atoms with Crippen molar-refractivity contribution in [1.82, 2.24) is 10.2 Å². The van der Waals surface area contributed by atoms with Gasteiger partial charge in [0.2, 0.25) is 5.91 Å². The van der Waals surface area contributed by atoms with E-state index in [1.165, 1.54) is 5.56 Å². The Morgan fingerprint density at radius 1 is 1.42 bits per heavy atom. The molecule has 1 N–H and O–H groups in total. The number of benzene rings is 1. The maximum atomic E-state index is 11.4. The first-order valence-corrected chi connectivity index (χ1v) is 6.83. The highest BCUT2D eigenvalue weighted by Gasteiger charge is 2.19. The first-order valence-electron chi connectivity index (χ1n) is 6.83. The smallest absolute Gasteiger partial charge is 0.219 e. The minimum Gasteiger partial charge on any atom is -0.376 e. The van der Waals surface area contributed by atoms with Crippen LogP contribution in [0.2, 0.25) is 0 Å². The van der Waals surface area contributed by atoms with Gasteiger partial charge in [-0.25, -0.2) is 0 Å². The topological polar surface area (TPSA) is 41.6 Å². The second-order valence-electron chi connectivity index (χ2n) is 5.04. The average molecular weight is 262 g/mol. The lowest BCUT2D eigenvalue weighted by Gasteiger charge is -2.22. The van der Waals surface area contributed by atoms with Crippen LogP contribution in [-0.4, -0.2) is 43.6 Å². The van der Waals surface area contributed by atoms with Crippen LogP contribution in [0.5, 0.6) is 0 Å². The van der Waals surface area contributed by atoms with Crippen LogP contribution in [0.1, 0.15) is 12.5 Å². The lowest BCUT2D eigenvalue weighted by molar-refractivity contribution is -0.129. The van der Waals surface area contributed by atoms with Crippen LogP contribution in [0.25, 0.3) is 0 Å². The van der Waals surface area contributed by atoms with Crippen LogP contribution >= 0.6 is 0 Å². The lowest BCUT2D eigenvalue weighted by Crippen LogP contribution is -2.35. The van der Waals surface area contributed by atoms with E-state index < -0.39 is 0 Å². The SMILES string of the molecule is CC(=O)N1CCNCC(COCc2ccccc2)C1. The molecule has 0 aliphatic carbocycles. The Morgan fingerprint density at radius 3 is 2.95 bits per heavy atom. The molecule has 4 nitrogen and oxygen atoms in total. The molecule has 1 aromatic rings. The second-order valence-corrected chi connectivity index (χ2v) is 5.04. The van der Waals surface area contributed by atoms with Crippen LogP contribution in [-0.2, 0) is 16.1 Å². The minimum atomic E-state index is 0.150. The summed E-state index contributed by atoms with van der Waals surface area (Å²) in [4.78, 5) is 13.3. The molecule has 1 aliphatic rings. The van der Waals surface area contributed by atoms with Gasteiger partial charge in [-0.1, -0.05) is 30.3 Å². The molecule has 104 valence electrons. The number of carbonyl (C=O) groups is 1. The molecule has 0 saturated carbocycles. The molecule has 0 bridgehead atoms. The maximum absolute atomic E-state index is 11.4. The van der Waals surface area contributed by atoms with Crippen LogP contribution in [0.15, 0.2) is 30.3 Å². The normalized spacial score (nSPS) is 20.1. The van der Waals surface area contributed by atoms with E-state index in [9.17, 15) is 4.79 Å². The minimum absolute atomic E-state index is 0.150. The number of ether oxygens (including phenoxy) is 1. The van der Waals surface area contributed by atoms with E-state index in [2.05, 4.69) is 17.4 Å². The fourth-order valence-electron chi connectivity index (χ4n) is 2.30. The van der Waals surface area contributed by atoms with Crippen LogP contribution in [0.4, 0.5) is 0 Å². The number of rotatable bonds is 4. The molecule has 1 unspecified atom stereocenters. The molecule has 1 atom stereocenters. The summed E-state index contributed by atoms with van der Waals surface area (Å²) < 4.78 is 5.76. The summed E-state index contributed by atoms with van der Waals surface area (Å²) in [6.45, 7) is 6.32. The van der Waals surface area contributed by atoms with Crippen molar-refractivity contribution in [3.63, 3.8) is 0 Å². The molecule has 1 aromatic carbocycles. The number of amides is 1. The highest BCUT2D eigenvalue weighted by atomic mass is 16.5. The highest BCUT2D eigenvalue weighted by molar-refractivity contribution is 5.73. The maximum Gasteiger partial charge on any atom is 0.219 e. The van der Waals surface area contributed by atoms with Gasteiger partial charge >= 0.3 is 0 Å². The lowest BCUT2D eigenvalue weighted by atomic mass is 10.1. The van der Waals surface area contributed by atoms with E-state index in [-0.39, 0.29) is 5.91 Å². The van der Waals surface area contributed by atoms with Gasteiger partial charge < -0.3 is 15.0 Å². The number of hydrogen-bond acceptors (Lipinski definition) is 3. The summed E-state index contributed by atoms with van der Waals surface area (Å²) in [5.41, 5.74) is 1.19. The number of hydrogen-bond donors (Lipinski definition) is 1. The van der Waals surface area contributed by atoms with E-state index in [1.54, 1.807) is 6.92 Å². The average Bonchev–Trinajstić information content (AvgIpc) is 2.66. The molecule has 19 heavy (non-hydrogen) atoms. The van der Waals surface area contributed by atoms with Gasteiger partial charge in [0.25, 0.3) is 0 Å². The molecule has 1 amide bonds. The highest BCUT2D eigenvalue weighted by Crippen LogP contribution is 2.07. The monoisotopic (exact) mass is 262 g/mol. The third kappa shape index (κ3) is 4.65. The molecule has 1 fully saturated rings. The Morgan fingerprint density at radius 2 is 2.21 bits per heavy atom. The number of nitrogens with one attached hydrogen (secondary N) is 1. The Labute approximate surface area is 114 Å². The van der Waals surface area contributed by atoms with Crippen molar-refractivity contribution in [2.75, 3.05) is 32.8 Å². The van der Waals surface area contributed by atoms with E-state index in [1.807, 2.05) is 23.1 Å². The van der Waals surface area contributed by atoms with Gasteiger partial charge in [-0.15, -0.1) is 0 Å². The summed E-state index contributed by atoms with van der Waals surface area (Å²) in [5, 5.41) is 3.36. The molecule has 1 aliphatic heterocycles. The van der Waals surface area contributed by atoms with Gasteiger partial charge in [0.15, 0.2) is 0 Å². The fraction of sp³-hybridized carbons (Fsp3) is 0.533. The zero-order valence-electron chi connectivity index (χ0n) is 11.5. The van der Waals surface area contributed by atoms with E-state index in [0.29, 0.717) is 19.1 Å². The van der Waals surface area contributed by atoms with Crippen molar-refractivity contribution in [2.24, 2.45) is 5.92 Å². The Bertz CT molecular complexity index is 394. The fourth-order valence-corrected chi connectivity index (χ4v) is 2.30. The Kier molecular flexibility index (Phi) is 5.36. The Hall–Kier alpha value is -1.39. The van der Waals surface area contributed by atoms with E-state index in [0.717, 1.165) is 26.2 Å². The summed E-state index contributed by atoms with van der Waals surface area (Å²) in [7, 11) is 0. The van der Waals surface area contributed by atoms with Crippen LogP contribution in [0.3, 0.4) is 0 Å². The van der Waals surface area contributed by atoms with Crippen LogP contribution < -0.4 is 5.32 Å². The van der Waals surface area contributed by atoms with Crippen molar-refractivity contribution < 1.29 is 9.53 Å². The van der Waals surface area contributed by atoms with Crippen molar-refractivity contribution in [1.29, 1.82) is 0 Å². The van der Waals surface area contributed by atoms with Gasteiger partial charge in [0.1, 0.15) is 0 Å². The number of nitrogens with zero attached hydrogens (tertiary/aromatic N) is 1. The molecule has 2 rings (SSSR count). The van der Waals surface area contributed by atoms with Gasteiger partial charge in [-0.3, -0.25) is 4.79 Å².